The highest BCUT2D eigenvalue weighted by Gasteiger charge is 2.05. The van der Waals surface area contributed by atoms with Crippen LogP contribution >= 0.6 is 49.9 Å². The first kappa shape index (κ1) is 14.4. The molecule has 1 N–H and O–H groups in total. The van der Waals surface area contributed by atoms with Crippen LogP contribution < -0.4 is 5.32 Å². The van der Waals surface area contributed by atoms with Crippen LogP contribution in [0.4, 0.5) is 0 Å². The van der Waals surface area contributed by atoms with Crippen molar-refractivity contribution in [1.82, 2.24) is 10.3 Å². The molecule has 0 spiro atoms. The Morgan fingerprint density at radius 3 is 2.72 bits per heavy atom. The average molecular weight is 437 g/mol. The van der Waals surface area contributed by atoms with Crippen molar-refractivity contribution in [2.45, 2.75) is 25.9 Å². The summed E-state index contributed by atoms with van der Waals surface area (Å²) in [6.07, 6.45) is 2.96. The predicted octanol–water partition coefficient (Wildman–Crippen LogP) is 4.23. The second-order valence-corrected chi connectivity index (χ2v) is 8.10. The van der Waals surface area contributed by atoms with E-state index < -0.39 is 0 Å². The van der Waals surface area contributed by atoms with Crippen LogP contribution in [0, 0.1) is 2.88 Å². The van der Waals surface area contributed by atoms with Crippen molar-refractivity contribution in [1.29, 1.82) is 0 Å². The fourth-order valence-electron chi connectivity index (χ4n) is 1.68. The van der Waals surface area contributed by atoms with Gasteiger partial charge in [0.2, 0.25) is 0 Å². The number of benzene rings is 1. The van der Waals surface area contributed by atoms with E-state index in [1.165, 1.54) is 8.45 Å². The molecule has 18 heavy (non-hydrogen) atoms. The van der Waals surface area contributed by atoms with Gasteiger partial charge in [-0.1, -0.05) is 28.1 Å². The van der Waals surface area contributed by atoms with E-state index in [-0.39, 0.29) is 0 Å². The maximum Gasteiger partial charge on any atom is 0.107 e. The lowest BCUT2D eigenvalue weighted by molar-refractivity contribution is 0.544. The minimum atomic E-state index is 0.452. The van der Waals surface area contributed by atoms with Gasteiger partial charge < -0.3 is 5.32 Å². The molecule has 0 fully saturated rings. The van der Waals surface area contributed by atoms with E-state index in [1.807, 2.05) is 6.20 Å². The third-order valence-electron chi connectivity index (χ3n) is 2.58. The Morgan fingerprint density at radius 1 is 1.39 bits per heavy atom. The summed E-state index contributed by atoms with van der Waals surface area (Å²) in [5, 5.41) is 4.66. The lowest BCUT2D eigenvalue weighted by Gasteiger charge is -2.12. The van der Waals surface area contributed by atoms with Crippen LogP contribution in [0.3, 0.4) is 0 Å². The number of nitrogens with zero attached hydrogens (tertiary/aromatic N) is 1. The van der Waals surface area contributed by atoms with Crippen molar-refractivity contribution in [2.75, 3.05) is 0 Å². The zero-order chi connectivity index (χ0) is 13.0. The summed E-state index contributed by atoms with van der Waals surface area (Å²) in [4.78, 5) is 4.35. The molecule has 96 valence electrons. The van der Waals surface area contributed by atoms with Crippen LogP contribution in [0.5, 0.6) is 0 Å². The molecule has 0 saturated carbocycles. The standard InChI is InChI=1S/C13H14BrIN2S/c1-9(6-10-2-4-11(14)5-3-10)16-8-13-17-7-12(15)18-13/h2-5,7,9,16H,6,8H2,1H3. The average Bonchev–Trinajstić information content (AvgIpc) is 2.76. The van der Waals surface area contributed by atoms with Crippen LogP contribution in [0.2, 0.25) is 0 Å². The molecule has 2 nitrogen and oxygen atoms in total. The number of halogens is 2. The maximum absolute atomic E-state index is 4.35. The highest BCUT2D eigenvalue weighted by molar-refractivity contribution is 14.1. The van der Waals surface area contributed by atoms with Crippen molar-refractivity contribution >= 4 is 49.9 Å². The molecule has 1 atom stereocenters. The third kappa shape index (κ3) is 4.60. The molecule has 1 heterocycles. The van der Waals surface area contributed by atoms with Crippen LogP contribution in [-0.2, 0) is 13.0 Å². The zero-order valence-corrected chi connectivity index (χ0v) is 14.5. The number of nitrogens with one attached hydrogen (secondary N) is 1. The van der Waals surface area contributed by atoms with Crippen molar-refractivity contribution in [3.05, 3.63) is 48.4 Å². The van der Waals surface area contributed by atoms with E-state index >= 15 is 0 Å². The minimum Gasteiger partial charge on any atom is -0.308 e. The quantitative estimate of drug-likeness (QED) is 0.709. The van der Waals surface area contributed by atoms with Gasteiger partial charge in [-0.3, -0.25) is 0 Å². The Balaban J connectivity index is 1.81. The summed E-state index contributed by atoms with van der Waals surface area (Å²) in [6, 6.07) is 8.95. The molecule has 2 aromatic rings. The van der Waals surface area contributed by atoms with Crippen molar-refractivity contribution in [3.63, 3.8) is 0 Å². The van der Waals surface area contributed by atoms with E-state index in [2.05, 4.69) is 80.0 Å². The van der Waals surface area contributed by atoms with E-state index in [0.717, 1.165) is 22.4 Å². The van der Waals surface area contributed by atoms with E-state index in [4.69, 9.17) is 0 Å². The second-order valence-electron chi connectivity index (χ2n) is 4.17. The molecule has 0 aliphatic heterocycles. The molecule has 5 heteroatoms. The Morgan fingerprint density at radius 2 is 2.11 bits per heavy atom. The molecular weight excluding hydrogens is 423 g/mol. The molecule has 0 aliphatic carbocycles. The minimum absolute atomic E-state index is 0.452. The summed E-state index contributed by atoms with van der Waals surface area (Å²) in [5.41, 5.74) is 1.35. The SMILES string of the molecule is CC(Cc1ccc(Br)cc1)NCc1ncc(I)s1. The number of rotatable bonds is 5. The number of hydrogen-bond acceptors (Lipinski definition) is 3. The normalized spacial score (nSPS) is 12.6. The zero-order valence-electron chi connectivity index (χ0n) is 9.99. The molecule has 2 rings (SSSR count). The second kappa shape index (κ2) is 6.98. The van der Waals surface area contributed by atoms with E-state index in [1.54, 1.807) is 11.3 Å². The van der Waals surface area contributed by atoms with Gasteiger partial charge in [0.15, 0.2) is 0 Å². The molecule has 1 unspecified atom stereocenters. The fraction of sp³-hybridized carbons (Fsp3) is 0.308. The Labute approximate surface area is 133 Å². The van der Waals surface area contributed by atoms with Crippen molar-refractivity contribution in [3.8, 4) is 0 Å². The Kier molecular flexibility index (Phi) is 5.59. The lowest BCUT2D eigenvalue weighted by atomic mass is 10.1. The Bertz CT molecular complexity index is 498. The molecule has 0 amide bonds. The molecular formula is C13H14BrIN2S. The number of hydrogen-bond donors (Lipinski definition) is 1. The van der Waals surface area contributed by atoms with Gasteiger partial charge in [0.05, 0.1) is 9.08 Å². The van der Waals surface area contributed by atoms with E-state index in [0.29, 0.717) is 6.04 Å². The van der Waals surface area contributed by atoms with Gasteiger partial charge in [-0.15, -0.1) is 11.3 Å². The molecule has 0 saturated heterocycles. The summed E-state index contributed by atoms with van der Waals surface area (Å²) in [5.74, 6) is 0. The third-order valence-corrected chi connectivity index (χ3v) is 4.84. The van der Waals surface area contributed by atoms with Gasteiger partial charge in [0.25, 0.3) is 0 Å². The highest BCUT2D eigenvalue weighted by Crippen LogP contribution is 2.15. The first-order valence-electron chi connectivity index (χ1n) is 5.71. The molecule has 0 radical (unpaired) electrons. The topological polar surface area (TPSA) is 24.9 Å². The van der Waals surface area contributed by atoms with Crippen molar-refractivity contribution < 1.29 is 0 Å². The van der Waals surface area contributed by atoms with Crippen LogP contribution in [0.1, 0.15) is 17.5 Å². The van der Waals surface area contributed by atoms with Gasteiger partial charge in [-0.2, -0.15) is 0 Å². The van der Waals surface area contributed by atoms with Gasteiger partial charge >= 0.3 is 0 Å². The molecule has 1 aromatic carbocycles. The largest absolute Gasteiger partial charge is 0.308 e. The lowest BCUT2D eigenvalue weighted by Crippen LogP contribution is -2.27. The van der Waals surface area contributed by atoms with Gasteiger partial charge in [-0.25, -0.2) is 4.98 Å². The summed E-state index contributed by atoms with van der Waals surface area (Å²) in [6.45, 7) is 3.06. The van der Waals surface area contributed by atoms with Crippen LogP contribution in [0.15, 0.2) is 34.9 Å². The fourth-order valence-corrected chi connectivity index (χ4v) is 3.44. The smallest absolute Gasteiger partial charge is 0.107 e. The van der Waals surface area contributed by atoms with Gasteiger partial charge in [-0.05, 0) is 53.6 Å². The van der Waals surface area contributed by atoms with Gasteiger partial charge in [0.1, 0.15) is 5.01 Å². The van der Waals surface area contributed by atoms with Crippen LogP contribution in [0.25, 0.3) is 0 Å². The summed E-state index contributed by atoms with van der Waals surface area (Å²) in [7, 11) is 0. The molecule has 0 bridgehead atoms. The van der Waals surface area contributed by atoms with E-state index in [9.17, 15) is 0 Å². The summed E-state index contributed by atoms with van der Waals surface area (Å²) < 4.78 is 2.37. The molecule has 1 aromatic heterocycles. The Hall–Kier alpha value is 0.0200. The monoisotopic (exact) mass is 436 g/mol. The maximum atomic E-state index is 4.35. The van der Waals surface area contributed by atoms with Gasteiger partial charge in [0, 0.05) is 17.1 Å². The first-order valence-corrected chi connectivity index (χ1v) is 8.40. The number of aromatic nitrogens is 1. The summed E-state index contributed by atoms with van der Waals surface area (Å²) >= 11 is 7.50. The van der Waals surface area contributed by atoms with Crippen molar-refractivity contribution in [2.24, 2.45) is 0 Å². The highest BCUT2D eigenvalue weighted by atomic mass is 127. The molecule has 0 aliphatic rings. The van der Waals surface area contributed by atoms with Crippen LogP contribution in [-0.4, -0.2) is 11.0 Å². The first-order chi connectivity index (χ1) is 8.63. The number of thiazole rings is 1. The predicted molar refractivity (Wildman–Crippen MR) is 89.0 cm³/mol.